The third-order valence-corrected chi connectivity index (χ3v) is 5.52. The maximum atomic E-state index is 13.6. The Labute approximate surface area is 150 Å². The van der Waals surface area contributed by atoms with E-state index in [1.165, 1.54) is 24.3 Å². The molecule has 0 saturated heterocycles. The van der Waals surface area contributed by atoms with Gasteiger partial charge in [-0.15, -0.1) is 13.2 Å². The van der Waals surface area contributed by atoms with Crippen molar-refractivity contribution >= 4 is 44.3 Å². The summed E-state index contributed by atoms with van der Waals surface area (Å²) in [4.78, 5) is 15.4. The number of amides is 1. The van der Waals surface area contributed by atoms with Crippen molar-refractivity contribution in [3.63, 3.8) is 0 Å². The van der Waals surface area contributed by atoms with E-state index in [4.69, 9.17) is 0 Å². The molecule has 1 aromatic carbocycles. The highest BCUT2D eigenvalue weighted by Crippen LogP contribution is 2.59. The minimum atomic E-state index is -5.68. The van der Waals surface area contributed by atoms with E-state index in [0.717, 1.165) is 6.92 Å². The molecule has 0 radical (unpaired) electrons. The Morgan fingerprint density at radius 2 is 1.76 bits per heavy atom. The number of nitrogens with zero attached hydrogens (tertiary/aromatic N) is 1. The topological polar surface area (TPSA) is 50.7 Å². The molecule has 25 heavy (non-hydrogen) atoms. The highest BCUT2D eigenvalue weighted by molar-refractivity contribution is 9.12. The van der Waals surface area contributed by atoms with Crippen LogP contribution in [0, 0.1) is 0 Å². The predicted octanol–water partition coefficient (Wildman–Crippen LogP) is 4.68. The molecule has 0 saturated carbocycles. The number of rotatable bonds is 3. The average Bonchev–Trinajstić information content (AvgIpc) is 2.70. The van der Waals surface area contributed by atoms with Gasteiger partial charge in [-0.05, 0) is 19.1 Å². The van der Waals surface area contributed by atoms with Crippen molar-refractivity contribution in [2.45, 2.75) is 28.8 Å². The van der Waals surface area contributed by atoms with E-state index in [0.29, 0.717) is 0 Å². The number of aliphatic imine (C=N–C) groups is 1. The minimum Gasteiger partial charge on any atom is -0.324 e. The molecule has 4 nitrogen and oxygen atoms in total. The molecule has 0 fully saturated rings. The number of hydrogen-bond donors (Lipinski definition) is 1. The molecule has 138 valence electrons. The summed E-state index contributed by atoms with van der Waals surface area (Å²) in [6.07, 6.45) is -11.3. The molecule has 0 spiro atoms. The first-order valence-corrected chi connectivity index (χ1v) is 8.06. The zero-order valence-electron chi connectivity index (χ0n) is 12.2. The van der Waals surface area contributed by atoms with Crippen molar-refractivity contribution < 1.29 is 35.9 Å². The zero-order valence-corrected chi connectivity index (χ0v) is 14.6. The molecule has 2 rings (SSSR count). The van der Waals surface area contributed by atoms with Gasteiger partial charge in [-0.2, -0.15) is 13.2 Å². The summed E-state index contributed by atoms with van der Waals surface area (Å²) >= 11 is 2.69. The van der Waals surface area contributed by atoms with Crippen LogP contribution in [0.15, 0.2) is 35.3 Å². The number of alkyl halides is 7. The third kappa shape index (κ3) is 3.80. The van der Waals surface area contributed by atoms with Gasteiger partial charge in [0.2, 0.25) is 3.66 Å². The van der Waals surface area contributed by atoms with Crippen LogP contribution in [0.25, 0.3) is 0 Å². The molecule has 1 heterocycles. The Morgan fingerprint density at radius 3 is 2.24 bits per heavy atom. The van der Waals surface area contributed by atoms with Crippen LogP contribution in [0.4, 0.5) is 32.0 Å². The maximum absolute atomic E-state index is 13.6. The van der Waals surface area contributed by atoms with Crippen LogP contribution < -0.4 is 5.32 Å². The number of nitrogens with one attached hydrogen (secondary N) is 1. The van der Waals surface area contributed by atoms with Crippen molar-refractivity contribution in [2.75, 3.05) is 5.32 Å². The summed E-state index contributed by atoms with van der Waals surface area (Å²) in [7, 11) is 0. The quantitative estimate of drug-likeness (QED) is 0.537. The number of para-hydroxylation sites is 1. The normalized spacial score (nSPS) is 27.1. The van der Waals surface area contributed by atoms with Gasteiger partial charge >= 0.3 is 12.5 Å². The summed E-state index contributed by atoms with van der Waals surface area (Å²) in [5, 5.41) is 1.73. The first-order valence-electron chi connectivity index (χ1n) is 6.45. The molecule has 0 bridgehead atoms. The molecule has 2 atom stereocenters. The van der Waals surface area contributed by atoms with E-state index in [-0.39, 0.29) is 17.4 Å². The SMILES string of the molecule is CC1=NC(OC(F)(F)F)(C(F)(F)F)C(Br)(C(=O)Nc2ccccc2)S1. The van der Waals surface area contributed by atoms with E-state index in [1.54, 1.807) is 6.07 Å². The fourth-order valence-corrected chi connectivity index (χ4v) is 4.34. The van der Waals surface area contributed by atoms with E-state index < -0.39 is 32.9 Å². The summed E-state index contributed by atoms with van der Waals surface area (Å²) < 4.78 is 79.2. The number of carbonyl (C=O) groups is 1. The Hall–Kier alpha value is -1.27. The van der Waals surface area contributed by atoms with Crippen molar-refractivity contribution in [3.05, 3.63) is 30.3 Å². The summed E-state index contributed by atoms with van der Waals surface area (Å²) in [6.45, 7) is 1.05. The Balaban J connectivity index is 2.50. The second kappa shape index (κ2) is 6.47. The maximum Gasteiger partial charge on any atom is 0.525 e. The van der Waals surface area contributed by atoms with Gasteiger partial charge in [0, 0.05) is 5.69 Å². The van der Waals surface area contributed by atoms with Gasteiger partial charge in [0.25, 0.3) is 11.6 Å². The van der Waals surface area contributed by atoms with E-state index in [2.05, 4.69) is 31.0 Å². The lowest BCUT2D eigenvalue weighted by Gasteiger charge is -2.38. The molecule has 12 heteroatoms. The fourth-order valence-electron chi connectivity index (χ4n) is 2.08. The lowest BCUT2D eigenvalue weighted by molar-refractivity contribution is -0.411. The van der Waals surface area contributed by atoms with Crippen LogP contribution in [0.2, 0.25) is 0 Å². The number of halogens is 7. The van der Waals surface area contributed by atoms with Gasteiger partial charge in [-0.3, -0.25) is 9.53 Å². The highest BCUT2D eigenvalue weighted by atomic mass is 79.9. The van der Waals surface area contributed by atoms with Gasteiger partial charge in [-0.25, -0.2) is 4.99 Å². The van der Waals surface area contributed by atoms with Crippen molar-refractivity contribution in [1.82, 2.24) is 0 Å². The smallest absolute Gasteiger partial charge is 0.324 e. The van der Waals surface area contributed by atoms with E-state index in [9.17, 15) is 31.1 Å². The average molecular weight is 451 g/mol. The molecular formula is C13H9BrF6N2O2S. The fraction of sp³-hybridized carbons (Fsp3) is 0.385. The molecule has 0 aliphatic carbocycles. The summed E-state index contributed by atoms with van der Waals surface area (Å²) in [6, 6.07) is 7.29. The zero-order chi connectivity index (χ0) is 19.1. The largest absolute Gasteiger partial charge is 0.525 e. The van der Waals surface area contributed by atoms with Gasteiger partial charge in [0.15, 0.2) is 0 Å². The lowest BCUT2D eigenvalue weighted by atomic mass is 10.1. The minimum absolute atomic E-state index is 0.0968. The number of thioether (sulfide) groups is 1. The van der Waals surface area contributed by atoms with E-state index >= 15 is 0 Å². The second-order valence-corrected chi connectivity index (χ2v) is 7.96. The standard InChI is InChI=1S/C13H9BrF6N2O2S/c1-7-22-11(12(15,16)17,24-13(18,19)20)10(14,25-7)9(23)21-8-5-3-2-4-6-8/h2-6H,1H3,(H,21,23). The Bertz CT molecular complexity index is 696. The second-order valence-electron chi connectivity index (χ2n) is 4.84. The third-order valence-electron chi connectivity index (χ3n) is 3.01. The van der Waals surface area contributed by atoms with E-state index in [1.807, 2.05) is 0 Å². The van der Waals surface area contributed by atoms with Crippen LogP contribution in [0.5, 0.6) is 0 Å². The molecule has 1 amide bonds. The monoisotopic (exact) mass is 450 g/mol. The van der Waals surface area contributed by atoms with Gasteiger partial charge in [0.05, 0.1) is 5.04 Å². The number of hydrogen-bond acceptors (Lipinski definition) is 4. The van der Waals surface area contributed by atoms with Crippen LogP contribution >= 0.6 is 27.7 Å². The molecule has 1 N–H and O–H groups in total. The molecular weight excluding hydrogens is 442 g/mol. The molecule has 1 aromatic rings. The molecule has 0 aromatic heterocycles. The predicted molar refractivity (Wildman–Crippen MR) is 83.4 cm³/mol. The van der Waals surface area contributed by atoms with Crippen LogP contribution in [-0.4, -0.2) is 32.9 Å². The summed E-state index contributed by atoms with van der Waals surface area (Å²) in [5.41, 5.74) is -4.08. The molecule has 1 aliphatic heterocycles. The first kappa shape index (κ1) is 20.0. The van der Waals surface area contributed by atoms with Crippen molar-refractivity contribution in [2.24, 2.45) is 4.99 Å². The lowest BCUT2D eigenvalue weighted by Crippen LogP contribution is -2.63. The van der Waals surface area contributed by atoms with Crippen molar-refractivity contribution in [1.29, 1.82) is 0 Å². The van der Waals surface area contributed by atoms with Crippen molar-refractivity contribution in [3.8, 4) is 0 Å². The number of anilines is 1. The summed E-state index contributed by atoms with van der Waals surface area (Å²) in [5.74, 6) is -1.40. The molecule has 1 aliphatic rings. The van der Waals surface area contributed by atoms with Gasteiger partial charge in [-0.1, -0.05) is 45.9 Å². The number of benzene rings is 1. The first-order chi connectivity index (χ1) is 11.3. The van der Waals surface area contributed by atoms with Crippen LogP contribution in [-0.2, 0) is 9.53 Å². The van der Waals surface area contributed by atoms with Crippen LogP contribution in [0.3, 0.4) is 0 Å². The number of carbonyl (C=O) groups excluding carboxylic acids is 1. The highest BCUT2D eigenvalue weighted by Gasteiger charge is 2.77. The van der Waals surface area contributed by atoms with Gasteiger partial charge in [0.1, 0.15) is 0 Å². The Kier molecular flexibility index (Phi) is 5.19. The van der Waals surface area contributed by atoms with Crippen LogP contribution in [0.1, 0.15) is 6.92 Å². The molecule has 2 unspecified atom stereocenters. The van der Waals surface area contributed by atoms with Gasteiger partial charge < -0.3 is 5.32 Å². The number of ether oxygens (including phenoxy) is 1. The Morgan fingerprint density at radius 1 is 1.20 bits per heavy atom.